The van der Waals surface area contributed by atoms with Crippen LogP contribution in [-0.2, 0) is 0 Å². The molecule has 0 saturated heterocycles. The van der Waals surface area contributed by atoms with Crippen molar-refractivity contribution in [2.24, 2.45) is 0 Å². The molecule has 1 heterocycles. The first-order valence-corrected chi connectivity index (χ1v) is 7.60. The molecule has 0 amide bonds. The fourth-order valence-corrected chi connectivity index (χ4v) is 2.35. The second kappa shape index (κ2) is 6.42. The van der Waals surface area contributed by atoms with Crippen LogP contribution in [0.5, 0.6) is 0 Å². The molecule has 0 atom stereocenters. The van der Waals surface area contributed by atoms with Crippen LogP contribution in [0.25, 0.3) is 0 Å². The van der Waals surface area contributed by atoms with Crippen LogP contribution in [0.1, 0.15) is 36.7 Å². The first kappa shape index (κ1) is 15.7. The van der Waals surface area contributed by atoms with Crippen molar-refractivity contribution in [3.05, 3.63) is 44.8 Å². The van der Waals surface area contributed by atoms with Gasteiger partial charge < -0.3 is 5.32 Å². The van der Waals surface area contributed by atoms with Crippen LogP contribution >= 0.6 is 27.5 Å². The molecular formula is C15H14BrClN4. The summed E-state index contributed by atoms with van der Waals surface area (Å²) in [6.45, 7) is 5.90. The first-order chi connectivity index (χ1) is 9.92. The average molecular weight is 366 g/mol. The van der Waals surface area contributed by atoms with E-state index in [9.17, 15) is 0 Å². The summed E-state index contributed by atoms with van der Waals surface area (Å²) in [4.78, 5) is 8.80. The molecule has 0 unspecified atom stereocenters. The summed E-state index contributed by atoms with van der Waals surface area (Å²) in [7, 11) is 0. The molecule has 0 radical (unpaired) electrons. The Bertz CT molecular complexity index is 722. The fraction of sp³-hybridized carbons (Fsp3) is 0.267. The van der Waals surface area contributed by atoms with Crippen LogP contribution in [0.15, 0.2) is 22.7 Å². The molecule has 1 aromatic heterocycles. The van der Waals surface area contributed by atoms with E-state index in [1.165, 1.54) is 0 Å². The number of nitrogens with one attached hydrogen (secondary N) is 1. The smallest absolute Gasteiger partial charge is 0.138 e. The van der Waals surface area contributed by atoms with E-state index in [1.54, 1.807) is 12.1 Å². The van der Waals surface area contributed by atoms with Crippen molar-refractivity contribution in [2.45, 2.75) is 26.7 Å². The van der Waals surface area contributed by atoms with Crippen molar-refractivity contribution < 1.29 is 0 Å². The molecule has 0 fully saturated rings. The minimum absolute atomic E-state index is 0.188. The van der Waals surface area contributed by atoms with Gasteiger partial charge in [-0.3, -0.25) is 0 Å². The quantitative estimate of drug-likeness (QED) is 0.783. The van der Waals surface area contributed by atoms with Crippen molar-refractivity contribution in [3.8, 4) is 6.07 Å². The highest BCUT2D eigenvalue weighted by molar-refractivity contribution is 9.10. The SMILES string of the molecule is Cc1c(Cl)nc(C(C)C)nc1Nc1ccc(C#N)cc1Br. The second-order valence-electron chi connectivity index (χ2n) is 4.93. The predicted molar refractivity (Wildman–Crippen MR) is 88.0 cm³/mol. The summed E-state index contributed by atoms with van der Waals surface area (Å²) in [5.41, 5.74) is 2.20. The van der Waals surface area contributed by atoms with Crippen molar-refractivity contribution in [2.75, 3.05) is 5.32 Å². The molecule has 2 rings (SSSR count). The second-order valence-corrected chi connectivity index (χ2v) is 6.14. The standard InChI is InChI=1S/C15H14BrClN4/c1-8(2)14-20-13(17)9(3)15(21-14)19-12-5-4-10(7-18)6-11(12)16/h4-6,8H,1-3H3,(H,19,20,21). The van der Waals surface area contributed by atoms with Gasteiger partial charge in [-0.1, -0.05) is 25.4 Å². The third-order valence-corrected chi connectivity index (χ3v) is 4.00. The lowest BCUT2D eigenvalue weighted by atomic mass is 10.2. The lowest BCUT2D eigenvalue weighted by molar-refractivity contribution is 0.773. The van der Waals surface area contributed by atoms with E-state index in [4.69, 9.17) is 16.9 Å². The molecule has 0 saturated carbocycles. The van der Waals surface area contributed by atoms with E-state index in [1.807, 2.05) is 26.8 Å². The number of anilines is 2. The van der Waals surface area contributed by atoms with Gasteiger partial charge in [0.25, 0.3) is 0 Å². The Morgan fingerprint density at radius 1 is 1.33 bits per heavy atom. The molecule has 0 spiro atoms. The maximum Gasteiger partial charge on any atom is 0.138 e. The van der Waals surface area contributed by atoms with Gasteiger partial charge in [-0.15, -0.1) is 0 Å². The van der Waals surface area contributed by atoms with Crippen molar-refractivity contribution >= 4 is 39.0 Å². The summed E-state index contributed by atoms with van der Waals surface area (Å²) >= 11 is 9.62. The Balaban J connectivity index is 2.42. The zero-order valence-electron chi connectivity index (χ0n) is 11.9. The van der Waals surface area contributed by atoms with Gasteiger partial charge in [0.1, 0.15) is 16.8 Å². The van der Waals surface area contributed by atoms with Gasteiger partial charge >= 0.3 is 0 Å². The number of nitriles is 1. The van der Waals surface area contributed by atoms with E-state index in [2.05, 4.69) is 37.3 Å². The summed E-state index contributed by atoms with van der Waals surface area (Å²) < 4.78 is 0.793. The van der Waals surface area contributed by atoms with Crippen molar-refractivity contribution in [1.82, 2.24) is 9.97 Å². The summed E-state index contributed by atoms with van der Waals surface area (Å²) in [5.74, 6) is 1.55. The minimum atomic E-state index is 0.188. The van der Waals surface area contributed by atoms with E-state index in [0.717, 1.165) is 15.7 Å². The van der Waals surface area contributed by atoms with E-state index >= 15 is 0 Å². The monoisotopic (exact) mass is 364 g/mol. The maximum atomic E-state index is 8.89. The highest BCUT2D eigenvalue weighted by Gasteiger charge is 2.13. The number of benzene rings is 1. The largest absolute Gasteiger partial charge is 0.339 e. The van der Waals surface area contributed by atoms with Gasteiger partial charge in [0.2, 0.25) is 0 Å². The highest BCUT2D eigenvalue weighted by Crippen LogP contribution is 2.30. The van der Waals surface area contributed by atoms with Gasteiger partial charge in [-0.05, 0) is 41.1 Å². The number of hydrogen-bond donors (Lipinski definition) is 1. The average Bonchev–Trinajstić information content (AvgIpc) is 2.45. The highest BCUT2D eigenvalue weighted by atomic mass is 79.9. The van der Waals surface area contributed by atoms with E-state index in [-0.39, 0.29) is 5.92 Å². The fourth-order valence-electron chi connectivity index (χ4n) is 1.70. The minimum Gasteiger partial charge on any atom is -0.339 e. The summed E-state index contributed by atoms with van der Waals surface area (Å²) in [5, 5.41) is 12.6. The zero-order chi connectivity index (χ0) is 15.6. The summed E-state index contributed by atoms with van der Waals surface area (Å²) in [6, 6.07) is 7.42. The van der Waals surface area contributed by atoms with Crippen LogP contribution < -0.4 is 5.32 Å². The topological polar surface area (TPSA) is 61.6 Å². The lowest BCUT2D eigenvalue weighted by Crippen LogP contribution is -2.05. The number of hydrogen-bond acceptors (Lipinski definition) is 4. The molecule has 4 nitrogen and oxygen atoms in total. The Morgan fingerprint density at radius 2 is 2.05 bits per heavy atom. The van der Waals surface area contributed by atoms with Crippen LogP contribution in [0.4, 0.5) is 11.5 Å². The molecular weight excluding hydrogens is 352 g/mol. The van der Waals surface area contributed by atoms with Gasteiger partial charge in [0, 0.05) is 16.0 Å². The predicted octanol–water partition coefficient (Wildman–Crippen LogP) is 4.94. The number of halogens is 2. The van der Waals surface area contributed by atoms with Crippen LogP contribution in [0.3, 0.4) is 0 Å². The number of nitrogens with zero attached hydrogens (tertiary/aromatic N) is 3. The van der Waals surface area contributed by atoms with E-state index in [0.29, 0.717) is 22.4 Å². The van der Waals surface area contributed by atoms with Gasteiger partial charge in [0.15, 0.2) is 0 Å². The van der Waals surface area contributed by atoms with Gasteiger partial charge in [0.05, 0.1) is 17.3 Å². The summed E-state index contributed by atoms with van der Waals surface area (Å²) in [6.07, 6.45) is 0. The molecule has 0 aliphatic heterocycles. The first-order valence-electron chi connectivity index (χ1n) is 6.43. The maximum absolute atomic E-state index is 8.89. The zero-order valence-corrected chi connectivity index (χ0v) is 14.2. The number of rotatable bonds is 3. The molecule has 21 heavy (non-hydrogen) atoms. The van der Waals surface area contributed by atoms with Crippen LogP contribution in [0.2, 0.25) is 5.15 Å². The lowest BCUT2D eigenvalue weighted by Gasteiger charge is -2.14. The Morgan fingerprint density at radius 3 is 2.62 bits per heavy atom. The third kappa shape index (κ3) is 3.52. The van der Waals surface area contributed by atoms with Crippen LogP contribution in [0, 0.1) is 18.3 Å². The Labute approximate surface area is 137 Å². The number of aromatic nitrogens is 2. The normalized spacial score (nSPS) is 10.5. The molecule has 1 aromatic carbocycles. The van der Waals surface area contributed by atoms with Gasteiger partial charge in [-0.25, -0.2) is 9.97 Å². The molecule has 0 aliphatic rings. The van der Waals surface area contributed by atoms with Crippen LogP contribution in [-0.4, -0.2) is 9.97 Å². The molecule has 0 bridgehead atoms. The third-order valence-electron chi connectivity index (χ3n) is 2.97. The van der Waals surface area contributed by atoms with E-state index < -0.39 is 0 Å². The molecule has 6 heteroatoms. The Kier molecular flexibility index (Phi) is 4.81. The molecule has 0 aliphatic carbocycles. The molecule has 1 N–H and O–H groups in total. The Hall–Kier alpha value is -1.64. The van der Waals surface area contributed by atoms with Gasteiger partial charge in [-0.2, -0.15) is 5.26 Å². The molecule has 108 valence electrons. The van der Waals surface area contributed by atoms with Crippen molar-refractivity contribution in [1.29, 1.82) is 5.26 Å². The van der Waals surface area contributed by atoms with Crippen molar-refractivity contribution in [3.63, 3.8) is 0 Å². The molecule has 2 aromatic rings.